The zero-order chi connectivity index (χ0) is 19.2. The van der Waals surface area contributed by atoms with E-state index in [0.717, 1.165) is 57.1 Å². The average Bonchev–Trinajstić information content (AvgIpc) is 2.62. The van der Waals surface area contributed by atoms with Crippen molar-refractivity contribution in [2.75, 3.05) is 13.7 Å². The number of unbranched alkanes of at least 4 members (excludes halogenated alkanes) is 6. The van der Waals surface area contributed by atoms with Crippen molar-refractivity contribution < 1.29 is 24.5 Å². The molecule has 0 radical (unpaired) electrons. The maximum absolute atomic E-state index is 11.6. The van der Waals surface area contributed by atoms with Gasteiger partial charge in [0.1, 0.15) is 0 Å². The first-order valence-corrected chi connectivity index (χ1v) is 9.54. The molecule has 1 aromatic carbocycles. The number of aliphatic carboxylic acids is 2. The summed E-state index contributed by atoms with van der Waals surface area (Å²) in [5.41, 5.74) is 0.863. The standard InChI is InChI=1S/C21H32O5/c1-26-15-11-6-4-2-3-5-10-14-18(20(22)23)19(21(24)25)16-17-12-8-7-9-13-17/h7-9,12-13,18-19H,2-6,10-11,14-16H2,1H3,(H,22,23)(H,24,25)/t18-,19-/m0/s1. The maximum atomic E-state index is 11.6. The van der Waals surface area contributed by atoms with Crippen LogP contribution in [-0.4, -0.2) is 35.9 Å². The topological polar surface area (TPSA) is 83.8 Å². The van der Waals surface area contributed by atoms with Gasteiger partial charge in [0.05, 0.1) is 11.8 Å². The van der Waals surface area contributed by atoms with Crippen molar-refractivity contribution in [3.05, 3.63) is 35.9 Å². The molecule has 0 amide bonds. The first-order valence-electron chi connectivity index (χ1n) is 9.54. The number of rotatable bonds is 15. The summed E-state index contributed by atoms with van der Waals surface area (Å²) in [6.45, 7) is 0.804. The summed E-state index contributed by atoms with van der Waals surface area (Å²) in [5.74, 6) is -3.76. The second-order valence-electron chi connectivity index (χ2n) is 6.84. The van der Waals surface area contributed by atoms with Crippen molar-refractivity contribution in [2.45, 2.75) is 57.8 Å². The van der Waals surface area contributed by atoms with Crippen LogP contribution in [0.25, 0.3) is 0 Å². The van der Waals surface area contributed by atoms with Gasteiger partial charge in [0.25, 0.3) is 0 Å². The molecule has 1 aromatic rings. The van der Waals surface area contributed by atoms with Crippen LogP contribution >= 0.6 is 0 Å². The van der Waals surface area contributed by atoms with E-state index in [0.29, 0.717) is 6.42 Å². The van der Waals surface area contributed by atoms with Crippen LogP contribution in [0.4, 0.5) is 0 Å². The van der Waals surface area contributed by atoms with Crippen LogP contribution in [0.1, 0.15) is 56.9 Å². The van der Waals surface area contributed by atoms with Crippen LogP contribution in [0.15, 0.2) is 30.3 Å². The molecule has 2 atom stereocenters. The lowest BCUT2D eigenvalue weighted by Crippen LogP contribution is -2.31. The lowest BCUT2D eigenvalue weighted by molar-refractivity contribution is -0.154. The van der Waals surface area contributed by atoms with Crippen molar-refractivity contribution in [3.8, 4) is 0 Å². The van der Waals surface area contributed by atoms with E-state index in [1.807, 2.05) is 30.3 Å². The number of hydrogen-bond acceptors (Lipinski definition) is 3. The Labute approximate surface area is 156 Å². The molecule has 5 nitrogen and oxygen atoms in total. The molecule has 0 aliphatic rings. The summed E-state index contributed by atoms with van der Waals surface area (Å²) in [6.07, 6.45) is 7.98. The molecule has 0 fully saturated rings. The van der Waals surface area contributed by atoms with Gasteiger partial charge in [-0.1, -0.05) is 68.9 Å². The molecule has 0 saturated carbocycles. The van der Waals surface area contributed by atoms with E-state index in [2.05, 4.69) is 0 Å². The highest BCUT2D eigenvalue weighted by atomic mass is 16.5. The second-order valence-corrected chi connectivity index (χ2v) is 6.84. The molecule has 0 aromatic heterocycles. The van der Waals surface area contributed by atoms with Crippen molar-refractivity contribution in [1.29, 1.82) is 0 Å². The van der Waals surface area contributed by atoms with E-state index in [1.165, 1.54) is 0 Å². The number of carbonyl (C=O) groups is 2. The highest BCUT2D eigenvalue weighted by molar-refractivity contribution is 5.80. The largest absolute Gasteiger partial charge is 0.481 e. The summed E-state index contributed by atoms with van der Waals surface area (Å²) in [4.78, 5) is 23.3. The molecule has 26 heavy (non-hydrogen) atoms. The van der Waals surface area contributed by atoms with Crippen molar-refractivity contribution in [2.24, 2.45) is 11.8 Å². The fraction of sp³-hybridized carbons (Fsp3) is 0.619. The first-order chi connectivity index (χ1) is 12.6. The molecule has 2 N–H and O–H groups in total. The summed E-state index contributed by atoms with van der Waals surface area (Å²) in [6, 6.07) is 9.24. The van der Waals surface area contributed by atoms with Crippen molar-refractivity contribution in [1.82, 2.24) is 0 Å². The molecule has 0 bridgehead atoms. The Bertz CT molecular complexity index is 514. The number of benzene rings is 1. The zero-order valence-electron chi connectivity index (χ0n) is 15.7. The summed E-state index contributed by atoms with van der Waals surface area (Å²) >= 11 is 0. The van der Waals surface area contributed by atoms with E-state index in [1.54, 1.807) is 7.11 Å². The van der Waals surface area contributed by atoms with E-state index in [4.69, 9.17) is 4.74 Å². The van der Waals surface area contributed by atoms with Crippen LogP contribution in [0, 0.1) is 11.8 Å². The number of hydrogen-bond donors (Lipinski definition) is 2. The van der Waals surface area contributed by atoms with E-state index in [9.17, 15) is 19.8 Å². The van der Waals surface area contributed by atoms with Gasteiger partial charge < -0.3 is 14.9 Å². The predicted molar refractivity (Wildman–Crippen MR) is 101 cm³/mol. The molecule has 0 saturated heterocycles. The Balaban J connectivity index is 2.40. The fourth-order valence-electron chi connectivity index (χ4n) is 3.26. The lowest BCUT2D eigenvalue weighted by Gasteiger charge is -2.20. The van der Waals surface area contributed by atoms with Crippen LogP contribution in [0.5, 0.6) is 0 Å². The summed E-state index contributed by atoms with van der Waals surface area (Å²) < 4.78 is 5.02. The highest BCUT2D eigenvalue weighted by Crippen LogP contribution is 2.24. The Kier molecular flexibility index (Phi) is 11.4. The number of carboxylic acid groups (broad SMARTS) is 2. The van der Waals surface area contributed by atoms with Gasteiger partial charge in [0, 0.05) is 13.7 Å². The molecule has 0 unspecified atom stereocenters. The van der Waals surface area contributed by atoms with Crippen LogP contribution < -0.4 is 0 Å². The van der Waals surface area contributed by atoms with Crippen LogP contribution in [0.3, 0.4) is 0 Å². The van der Waals surface area contributed by atoms with Gasteiger partial charge in [-0.05, 0) is 24.8 Å². The van der Waals surface area contributed by atoms with E-state index in [-0.39, 0.29) is 6.42 Å². The highest BCUT2D eigenvalue weighted by Gasteiger charge is 2.33. The Morgan fingerprint density at radius 1 is 0.846 bits per heavy atom. The first kappa shape index (κ1) is 22.2. The average molecular weight is 364 g/mol. The lowest BCUT2D eigenvalue weighted by atomic mass is 9.83. The zero-order valence-corrected chi connectivity index (χ0v) is 15.7. The number of ether oxygens (including phenoxy) is 1. The monoisotopic (exact) mass is 364 g/mol. The second kappa shape index (κ2) is 13.3. The Morgan fingerprint density at radius 2 is 1.38 bits per heavy atom. The minimum absolute atomic E-state index is 0.257. The maximum Gasteiger partial charge on any atom is 0.307 e. The van der Waals surface area contributed by atoms with Gasteiger partial charge in [0.2, 0.25) is 0 Å². The molecular formula is C21H32O5. The molecule has 0 heterocycles. The van der Waals surface area contributed by atoms with E-state index >= 15 is 0 Å². The third-order valence-corrected chi connectivity index (χ3v) is 4.78. The SMILES string of the molecule is COCCCCCCCCC[C@H](C(=O)O)[C@H](Cc1ccccc1)C(=O)O. The van der Waals surface area contributed by atoms with Crippen LogP contribution in [-0.2, 0) is 20.7 Å². The van der Waals surface area contributed by atoms with Gasteiger partial charge in [-0.15, -0.1) is 0 Å². The molecule has 146 valence electrons. The van der Waals surface area contributed by atoms with Gasteiger partial charge in [-0.2, -0.15) is 0 Å². The number of methoxy groups -OCH3 is 1. The minimum Gasteiger partial charge on any atom is -0.481 e. The number of carboxylic acids is 2. The van der Waals surface area contributed by atoms with Crippen molar-refractivity contribution >= 4 is 11.9 Å². The quantitative estimate of drug-likeness (QED) is 0.451. The van der Waals surface area contributed by atoms with Gasteiger partial charge in [-0.25, -0.2) is 0 Å². The molecule has 5 heteroatoms. The molecule has 0 aliphatic carbocycles. The van der Waals surface area contributed by atoms with Gasteiger partial charge in [-0.3, -0.25) is 9.59 Å². The van der Waals surface area contributed by atoms with E-state index < -0.39 is 23.8 Å². The molecule has 0 aliphatic heterocycles. The Morgan fingerprint density at radius 3 is 1.92 bits per heavy atom. The fourth-order valence-corrected chi connectivity index (χ4v) is 3.26. The normalized spacial score (nSPS) is 13.3. The van der Waals surface area contributed by atoms with Crippen LogP contribution in [0.2, 0.25) is 0 Å². The molecule has 0 spiro atoms. The summed E-state index contributed by atoms with van der Waals surface area (Å²) in [7, 11) is 1.71. The minimum atomic E-state index is -1.03. The third-order valence-electron chi connectivity index (χ3n) is 4.78. The molecule has 1 rings (SSSR count). The predicted octanol–water partition coefficient (Wildman–Crippen LogP) is 4.40. The smallest absolute Gasteiger partial charge is 0.307 e. The summed E-state index contributed by atoms with van der Waals surface area (Å²) in [5, 5.41) is 19.0. The third kappa shape index (κ3) is 8.99. The van der Waals surface area contributed by atoms with Gasteiger partial charge in [0.15, 0.2) is 0 Å². The molecular weight excluding hydrogens is 332 g/mol. The Hall–Kier alpha value is -1.88. The van der Waals surface area contributed by atoms with Crippen molar-refractivity contribution in [3.63, 3.8) is 0 Å². The van der Waals surface area contributed by atoms with Gasteiger partial charge >= 0.3 is 11.9 Å².